The highest BCUT2D eigenvalue weighted by Crippen LogP contribution is 2.17. The topological polar surface area (TPSA) is 32.5 Å². The quantitative estimate of drug-likeness (QED) is 0.776. The van der Waals surface area contributed by atoms with Crippen LogP contribution in [0.3, 0.4) is 0 Å². The predicted molar refractivity (Wildman–Crippen MR) is 63.1 cm³/mol. The molecule has 0 atom stereocenters. The molecule has 90 valence electrons. The summed E-state index contributed by atoms with van der Waals surface area (Å²) in [5.74, 6) is 0.973. The second-order valence-corrected chi connectivity index (χ2v) is 4.57. The molecule has 1 aromatic rings. The maximum absolute atomic E-state index is 5.31. The van der Waals surface area contributed by atoms with E-state index < -0.39 is 0 Å². The summed E-state index contributed by atoms with van der Waals surface area (Å²) in [7, 11) is 2.20. The molecule has 0 saturated carbocycles. The van der Waals surface area contributed by atoms with Crippen LogP contribution in [0, 0.1) is 0 Å². The van der Waals surface area contributed by atoms with Crippen LogP contribution in [-0.2, 0) is 6.54 Å². The third kappa shape index (κ3) is 2.83. The van der Waals surface area contributed by atoms with Crippen molar-refractivity contribution in [3.05, 3.63) is 18.4 Å². The predicted octanol–water partition coefficient (Wildman–Crippen LogP) is 1.59. The smallest absolute Gasteiger partial charge is 0.180 e. The molecule has 1 saturated heterocycles. The van der Waals surface area contributed by atoms with E-state index in [0.717, 1.165) is 18.8 Å². The zero-order valence-electron chi connectivity index (χ0n) is 10.2. The van der Waals surface area contributed by atoms with Gasteiger partial charge in [0.2, 0.25) is 0 Å². The Morgan fingerprint density at radius 1 is 1.50 bits per heavy atom. The minimum atomic E-state index is 0.700. The van der Waals surface area contributed by atoms with Crippen molar-refractivity contribution in [3.63, 3.8) is 0 Å². The molecule has 0 radical (unpaired) electrons. The summed E-state index contributed by atoms with van der Waals surface area (Å²) < 4.78 is 5.31. The van der Waals surface area contributed by atoms with Gasteiger partial charge in [0.15, 0.2) is 6.39 Å². The van der Waals surface area contributed by atoms with Crippen LogP contribution in [0.25, 0.3) is 0 Å². The molecular weight excluding hydrogens is 202 g/mol. The van der Waals surface area contributed by atoms with E-state index >= 15 is 0 Å². The molecule has 0 bridgehead atoms. The lowest BCUT2D eigenvalue weighted by atomic mass is 10.0. The van der Waals surface area contributed by atoms with Crippen molar-refractivity contribution in [3.8, 4) is 0 Å². The van der Waals surface area contributed by atoms with E-state index in [1.807, 2.05) is 6.20 Å². The van der Waals surface area contributed by atoms with Crippen molar-refractivity contribution in [2.24, 2.45) is 0 Å². The summed E-state index contributed by atoms with van der Waals surface area (Å²) >= 11 is 0. The van der Waals surface area contributed by atoms with E-state index in [-0.39, 0.29) is 0 Å². The Balaban J connectivity index is 1.89. The number of aromatic nitrogens is 1. The summed E-state index contributed by atoms with van der Waals surface area (Å²) in [6.45, 7) is 6.60. The van der Waals surface area contributed by atoms with Gasteiger partial charge in [-0.05, 0) is 39.5 Å². The molecular formula is C12H21N3O. The normalized spacial score (nSPS) is 19.4. The molecule has 1 aromatic heterocycles. The van der Waals surface area contributed by atoms with Gasteiger partial charge in [-0.1, -0.05) is 6.92 Å². The minimum Gasteiger partial charge on any atom is -0.447 e. The number of likely N-dealkylation sites (tertiary alicyclic amines) is 1. The van der Waals surface area contributed by atoms with Gasteiger partial charge in [0.05, 0.1) is 12.7 Å². The number of oxazole rings is 1. The third-order valence-electron chi connectivity index (χ3n) is 3.45. The fourth-order valence-electron chi connectivity index (χ4n) is 2.38. The highest BCUT2D eigenvalue weighted by Gasteiger charge is 2.22. The Hall–Kier alpha value is -0.870. The summed E-state index contributed by atoms with van der Waals surface area (Å²) in [6, 6.07) is 0.700. The van der Waals surface area contributed by atoms with Crippen molar-refractivity contribution in [2.75, 3.05) is 26.7 Å². The first-order valence-electron chi connectivity index (χ1n) is 6.09. The first kappa shape index (κ1) is 11.6. The number of piperidine rings is 1. The molecule has 0 N–H and O–H groups in total. The number of hydrogen-bond acceptors (Lipinski definition) is 4. The molecule has 4 heteroatoms. The van der Waals surface area contributed by atoms with Gasteiger partial charge in [-0.2, -0.15) is 0 Å². The van der Waals surface area contributed by atoms with Gasteiger partial charge in [-0.15, -0.1) is 0 Å². The summed E-state index contributed by atoms with van der Waals surface area (Å²) in [5, 5.41) is 0. The van der Waals surface area contributed by atoms with Gasteiger partial charge in [0.1, 0.15) is 5.76 Å². The Morgan fingerprint density at radius 3 is 2.81 bits per heavy atom. The SMILES string of the molecule is CCN(Cc1cnco1)C1CCN(C)CC1. The van der Waals surface area contributed by atoms with E-state index in [2.05, 4.69) is 28.8 Å². The second kappa shape index (κ2) is 5.46. The minimum absolute atomic E-state index is 0.700. The largest absolute Gasteiger partial charge is 0.447 e. The van der Waals surface area contributed by atoms with Crippen molar-refractivity contribution < 1.29 is 4.42 Å². The van der Waals surface area contributed by atoms with Gasteiger partial charge in [-0.3, -0.25) is 4.90 Å². The molecule has 1 aliphatic heterocycles. The van der Waals surface area contributed by atoms with E-state index in [4.69, 9.17) is 4.42 Å². The summed E-state index contributed by atoms with van der Waals surface area (Å²) in [5.41, 5.74) is 0. The van der Waals surface area contributed by atoms with Crippen LogP contribution in [0.1, 0.15) is 25.5 Å². The lowest BCUT2D eigenvalue weighted by Gasteiger charge is -2.36. The molecule has 0 aromatic carbocycles. The molecule has 2 heterocycles. The fourth-order valence-corrected chi connectivity index (χ4v) is 2.38. The Kier molecular flexibility index (Phi) is 3.96. The van der Waals surface area contributed by atoms with Gasteiger partial charge >= 0.3 is 0 Å². The highest BCUT2D eigenvalue weighted by molar-refractivity contribution is 4.90. The molecule has 1 aliphatic rings. The van der Waals surface area contributed by atoms with Crippen LogP contribution in [0.5, 0.6) is 0 Å². The van der Waals surface area contributed by atoms with Crippen LogP contribution in [0.2, 0.25) is 0 Å². The number of rotatable bonds is 4. The maximum atomic E-state index is 5.31. The van der Waals surface area contributed by atoms with Gasteiger partial charge in [0.25, 0.3) is 0 Å². The van der Waals surface area contributed by atoms with E-state index in [0.29, 0.717) is 6.04 Å². The molecule has 16 heavy (non-hydrogen) atoms. The van der Waals surface area contributed by atoms with Gasteiger partial charge in [0, 0.05) is 6.04 Å². The molecule has 0 aliphatic carbocycles. The zero-order chi connectivity index (χ0) is 11.4. The Labute approximate surface area is 97.2 Å². The fraction of sp³-hybridized carbons (Fsp3) is 0.750. The lowest BCUT2D eigenvalue weighted by molar-refractivity contribution is 0.113. The Bertz CT molecular complexity index is 291. The summed E-state index contributed by atoms with van der Waals surface area (Å²) in [6.07, 6.45) is 5.85. The first-order valence-corrected chi connectivity index (χ1v) is 6.09. The van der Waals surface area contributed by atoms with Gasteiger partial charge < -0.3 is 9.32 Å². The first-order chi connectivity index (χ1) is 7.79. The van der Waals surface area contributed by atoms with Crippen molar-refractivity contribution in [1.82, 2.24) is 14.8 Å². The maximum Gasteiger partial charge on any atom is 0.180 e. The van der Waals surface area contributed by atoms with E-state index in [9.17, 15) is 0 Å². The summed E-state index contributed by atoms with van der Waals surface area (Å²) in [4.78, 5) is 8.86. The number of hydrogen-bond donors (Lipinski definition) is 0. The molecule has 0 unspecified atom stereocenters. The molecule has 2 rings (SSSR count). The highest BCUT2D eigenvalue weighted by atomic mass is 16.3. The molecule has 4 nitrogen and oxygen atoms in total. The van der Waals surface area contributed by atoms with Crippen LogP contribution < -0.4 is 0 Å². The standard InChI is InChI=1S/C12H21N3O/c1-3-15(9-12-8-13-10-16-12)11-4-6-14(2)7-5-11/h8,10-11H,3-7,9H2,1-2H3. The Morgan fingerprint density at radius 2 is 2.25 bits per heavy atom. The molecule has 0 amide bonds. The number of nitrogens with zero attached hydrogens (tertiary/aromatic N) is 3. The molecule has 1 fully saturated rings. The van der Waals surface area contributed by atoms with Crippen LogP contribution in [0.15, 0.2) is 17.0 Å². The second-order valence-electron chi connectivity index (χ2n) is 4.57. The van der Waals surface area contributed by atoms with Crippen LogP contribution in [0.4, 0.5) is 0 Å². The van der Waals surface area contributed by atoms with E-state index in [1.165, 1.54) is 32.3 Å². The van der Waals surface area contributed by atoms with Crippen LogP contribution in [-0.4, -0.2) is 47.5 Å². The lowest BCUT2D eigenvalue weighted by Crippen LogP contribution is -2.43. The average Bonchev–Trinajstić information content (AvgIpc) is 2.80. The van der Waals surface area contributed by atoms with Crippen LogP contribution >= 0.6 is 0 Å². The van der Waals surface area contributed by atoms with Crippen molar-refractivity contribution in [1.29, 1.82) is 0 Å². The zero-order valence-corrected chi connectivity index (χ0v) is 10.2. The van der Waals surface area contributed by atoms with Gasteiger partial charge in [-0.25, -0.2) is 4.98 Å². The van der Waals surface area contributed by atoms with Crippen molar-refractivity contribution in [2.45, 2.75) is 32.4 Å². The van der Waals surface area contributed by atoms with E-state index in [1.54, 1.807) is 0 Å². The molecule has 0 spiro atoms. The third-order valence-corrected chi connectivity index (χ3v) is 3.45. The van der Waals surface area contributed by atoms with Crippen molar-refractivity contribution >= 4 is 0 Å². The average molecular weight is 223 g/mol. The monoisotopic (exact) mass is 223 g/mol.